The Kier molecular flexibility index (Phi) is 69.1. The standard InChI is InChI=1S/C77H140O6/c1-4-7-10-13-16-19-21-23-25-27-29-31-33-34-35-36-37-38-39-40-41-42-44-45-47-49-51-53-55-58-61-64-67-70-76(79)82-73-74(72-81-75(78)69-66-63-60-57-18-15-12-9-6-3)83-77(80)71-68-65-62-59-56-54-52-50-48-46-43-32-30-28-26-24-22-20-17-14-11-8-5-2/h8,11,17,20,24,26-27,29-30,32,74H,4-7,9-10,12-16,18-19,21-23,25,28,31,33-73H2,1-3H3/b11-8-,20-17-,26-24-,29-27-,32-30-. The highest BCUT2D eigenvalue weighted by atomic mass is 16.6. The van der Waals surface area contributed by atoms with E-state index < -0.39 is 6.10 Å². The molecule has 484 valence electrons. The van der Waals surface area contributed by atoms with Crippen molar-refractivity contribution < 1.29 is 28.6 Å². The molecule has 0 aliphatic carbocycles. The highest BCUT2D eigenvalue weighted by Crippen LogP contribution is 2.19. The Morgan fingerprint density at radius 1 is 0.253 bits per heavy atom. The molecule has 0 fully saturated rings. The topological polar surface area (TPSA) is 78.9 Å². The highest BCUT2D eigenvalue weighted by molar-refractivity contribution is 5.71. The van der Waals surface area contributed by atoms with Crippen molar-refractivity contribution in [2.24, 2.45) is 0 Å². The van der Waals surface area contributed by atoms with Crippen LogP contribution in [0.3, 0.4) is 0 Å². The van der Waals surface area contributed by atoms with Gasteiger partial charge in [0.1, 0.15) is 13.2 Å². The Morgan fingerprint density at radius 2 is 0.470 bits per heavy atom. The molecule has 0 bridgehead atoms. The summed E-state index contributed by atoms with van der Waals surface area (Å²) < 4.78 is 16.9. The molecule has 0 amide bonds. The van der Waals surface area contributed by atoms with Crippen LogP contribution in [0.4, 0.5) is 0 Å². The molecule has 83 heavy (non-hydrogen) atoms. The number of esters is 3. The number of allylic oxidation sites excluding steroid dienone is 10. The van der Waals surface area contributed by atoms with Crippen molar-refractivity contribution in [1.29, 1.82) is 0 Å². The van der Waals surface area contributed by atoms with Gasteiger partial charge in [-0.3, -0.25) is 14.4 Å². The van der Waals surface area contributed by atoms with E-state index in [-0.39, 0.29) is 31.1 Å². The van der Waals surface area contributed by atoms with Crippen LogP contribution in [0.15, 0.2) is 60.8 Å². The van der Waals surface area contributed by atoms with Gasteiger partial charge >= 0.3 is 17.9 Å². The Balaban J connectivity index is 4.05. The first-order chi connectivity index (χ1) is 41.0. The highest BCUT2D eigenvalue weighted by Gasteiger charge is 2.19. The van der Waals surface area contributed by atoms with E-state index in [2.05, 4.69) is 81.5 Å². The fourth-order valence-corrected chi connectivity index (χ4v) is 11.0. The summed E-state index contributed by atoms with van der Waals surface area (Å²) in [6, 6.07) is 0. The number of unbranched alkanes of at least 4 members (excludes halogenated alkanes) is 47. The quantitative estimate of drug-likeness (QED) is 0.0261. The third-order valence-electron chi connectivity index (χ3n) is 16.5. The largest absolute Gasteiger partial charge is 0.462 e. The molecule has 0 rings (SSSR count). The summed E-state index contributed by atoms with van der Waals surface area (Å²) in [5.74, 6) is -0.854. The van der Waals surface area contributed by atoms with Crippen molar-refractivity contribution in [1.82, 2.24) is 0 Å². The molecule has 0 radical (unpaired) electrons. The van der Waals surface area contributed by atoms with Crippen LogP contribution in [0.1, 0.15) is 393 Å². The molecular weight excluding hydrogens is 1020 g/mol. The average Bonchev–Trinajstić information content (AvgIpc) is 3.49. The van der Waals surface area contributed by atoms with Gasteiger partial charge in [0.05, 0.1) is 0 Å². The second-order valence-electron chi connectivity index (χ2n) is 24.8. The fraction of sp³-hybridized carbons (Fsp3) is 0.831. The van der Waals surface area contributed by atoms with Crippen molar-refractivity contribution in [3.8, 4) is 0 Å². The minimum Gasteiger partial charge on any atom is -0.462 e. The van der Waals surface area contributed by atoms with Gasteiger partial charge in [0, 0.05) is 19.3 Å². The lowest BCUT2D eigenvalue weighted by molar-refractivity contribution is -0.167. The van der Waals surface area contributed by atoms with Gasteiger partial charge in [-0.1, -0.05) is 351 Å². The van der Waals surface area contributed by atoms with Crippen molar-refractivity contribution in [3.63, 3.8) is 0 Å². The summed E-state index contributed by atoms with van der Waals surface area (Å²) in [6.45, 7) is 6.56. The van der Waals surface area contributed by atoms with Crippen LogP contribution < -0.4 is 0 Å². The molecule has 0 aromatic carbocycles. The monoisotopic (exact) mass is 1160 g/mol. The summed E-state index contributed by atoms with van der Waals surface area (Å²) >= 11 is 0. The number of hydrogen-bond acceptors (Lipinski definition) is 6. The summed E-state index contributed by atoms with van der Waals surface area (Å²) in [7, 11) is 0. The normalized spacial score (nSPS) is 12.4. The predicted molar refractivity (Wildman–Crippen MR) is 362 cm³/mol. The minimum atomic E-state index is -0.774. The van der Waals surface area contributed by atoms with Crippen molar-refractivity contribution in [3.05, 3.63) is 60.8 Å². The minimum absolute atomic E-state index is 0.0708. The summed E-state index contributed by atoms with van der Waals surface area (Å²) in [6.07, 6.45) is 92.9. The smallest absolute Gasteiger partial charge is 0.306 e. The van der Waals surface area contributed by atoms with Crippen LogP contribution in [-0.4, -0.2) is 37.2 Å². The molecule has 0 spiro atoms. The first-order valence-electron chi connectivity index (χ1n) is 36.8. The fourth-order valence-electron chi connectivity index (χ4n) is 11.0. The van der Waals surface area contributed by atoms with Crippen LogP contribution in [-0.2, 0) is 28.6 Å². The summed E-state index contributed by atoms with van der Waals surface area (Å²) in [4.78, 5) is 38.3. The number of hydrogen-bond donors (Lipinski definition) is 0. The van der Waals surface area contributed by atoms with Gasteiger partial charge in [-0.2, -0.15) is 0 Å². The van der Waals surface area contributed by atoms with Crippen LogP contribution >= 0.6 is 0 Å². The van der Waals surface area contributed by atoms with Crippen molar-refractivity contribution in [2.75, 3.05) is 13.2 Å². The second-order valence-corrected chi connectivity index (χ2v) is 24.8. The molecule has 1 atom stereocenters. The lowest BCUT2D eigenvalue weighted by Crippen LogP contribution is -2.30. The molecule has 0 aromatic heterocycles. The molecule has 0 saturated heterocycles. The van der Waals surface area contributed by atoms with Crippen molar-refractivity contribution in [2.45, 2.75) is 399 Å². The molecule has 0 saturated carbocycles. The Labute approximate surface area is 517 Å². The first kappa shape index (κ1) is 80.1. The maximum absolute atomic E-state index is 12.9. The molecule has 0 aliphatic heterocycles. The Bertz CT molecular complexity index is 1470. The lowest BCUT2D eigenvalue weighted by Gasteiger charge is -2.18. The number of rotatable bonds is 68. The van der Waals surface area contributed by atoms with E-state index >= 15 is 0 Å². The lowest BCUT2D eigenvalue weighted by atomic mass is 10.0. The van der Waals surface area contributed by atoms with E-state index in [1.54, 1.807) is 0 Å². The Morgan fingerprint density at radius 3 is 0.747 bits per heavy atom. The zero-order chi connectivity index (χ0) is 59.9. The van der Waals surface area contributed by atoms with Crippen LogP contribution in [0.25, 0.3) is 0 Å². The molecule has 0 N–H and O–H groups in total. The van der Waals surface area contributed by atoms with E-state index in [0.717, 1.165) is 83.5 Å². The molecular formula is C77H140O6. The second kappa shape index (κ2) is 71.6. The van der Waals surface area contributed by atoms with Gasteiger partial charge in [0.25, 0.3) is 0 Å². The SMILES string of the molecule is CC/C=C\C/C=C\C/C=C\C/C=C\CCCCCCCCCCCCC(=O)OC(COC(=O)CCCCCCCCCCC)COC(=O)CCCCCCCCCCCCCCCCCCCCCCC/C=C\CCCCCCCCCC. The van der Waals surface area contributed by atoms with Crippen LogP contribution in [0.5, 0.6) is 0 Å². The van der Waals surface area contributed by atoms with E-state index in [1.807, 2.05) is 0 Å². The molecule has 6 nitrogen and oxygen atoms in total. The van der Waals surface area contributed by atoms with Gasteiger partial charge in [-0.05, 0) is 83.5 Å². The zero-order valence-corrected chi connectivity index (χ0v) is 55.7. The van der Waals surface area contributed by atoms with Crippen LogP contribution in [0, 0.1) is 0 Å². The van der Waals surface area contributed by atoms with Gasteiger partial charge < -0.3 is 14.2 Å². The third-order valence-corrected chi connectivity index (χ3v) is 16.5. The maximum atomic E-state index is 12.9. The van der Waals surface area contributed by atoms with E-state index in [1.165, 1.54) is 270 Å². The van der Waals surface area contributed by atoms with Crippen molar-refractivity contribution >= 4 is 17.9 Å². The third kappa shape index (κ3) is 69.8. The number of carbonyl (C=O) groups excluding carboxylic acids is 3. The predicted octanol–water partition coefficient (Wildman–Crippen LogP) is 25.5. The number of ether oxygens (including phenoxy) is 3. The molecule has 0 aromatic rings. The molecule has 6 heteroatoms. The molecule has 0 heterocycles. The van der Waals surface area contributed by atoms with E-state index in [4.69, 9.17) is 14.2 Å². The molecule has 1 unspecified atom stereocenters. The summed E-state index contributed by atoms with van der Waals surface area (Å²) in [5, 5.41) is 0. The number of carbonyl (C=O) groups is 3. The Hall–Kier alpha value is -2.89. The zero-order valence-electron chi connectivity index (χ0n) is 55.7. The molecule has 0 aliphatic rings. The van der Waals surface area contributed by atoms with Gasteiger partial charge in [-0.15, -0.1) is 0 Å². The van der Waals surface area contributed by atoms with E-state index in [9.17, 15) is 14.4 Å². The average molecular weight is 1160 g/mol. The van der Waals surface area contributed by atoms with Gasteiger partial charge in [-0.25, -0.2) is 0 Å². The van der Waals surface area contributed by atoms with Gasteiger partial charge in [0.15, 0.2) is 6.10 Å². The van der Waals surface area contributed by atoms with E-state index in [0.29, 0.717) is 19.3 Å². The van der Waals surface area contributed by atoms with Crippen LogP contribution in [0.2, 0.25) is 0 Å². The van der Waals surface area contributed by atoms with Gasteiger partial charge in [0.2, 0.25) is 0 Å². The summed E-state index contributed by atoms with van der Waals surface area (Å²) in [5.41, 5.74) is 0. The maximum Gasteiger partial charge on any atom is 0.306 e. The first-order valence-corrected chi connectivity index (χ1v) is 36.8.